The maximum Gasteiger partial charge on any atom is 0.265 e. The molecule has 1 saturated heterocycles. The minimum Gasteiger partial charge on any atom is -0.285 e. The summed E-state index contributed by atoms with van der Waals surface area (Å²) in [5, 5.41) is 1.91. The summed E-state index contributed by atoms with van der Waals surface area (Å²) in [5.41, 5.74) is 3.30. The van der Waals surface area contributed by atoms with Gasteiger partial charge in [-0.1, -0.05) is 13.3 Å². The van der Waals surface area contributed by atoms with Crippen LogP contribution in [-0.4, -0.2) is 39.0 Å². The number of carbonyl (C=O) groups excluding carboxylic acids is 1. The molecule has 0 unspecified atom stereocenters. The summed E-state index contributed by atoms with van der Waals surface area (Å²) in [6, 6.07) is 5.96. The highest BCUT2D eigenvalue weighted by Gasteiger charge is 2.16. The van der Waals surface area contributed by atoms with Gasteiger partial charge in [0.25, 0.3) is 5.91 Å². The van der Waals surface area contributed by atoms with E-state index in [4.69, 9.17) is 0 Å². The molecule has 2 rings (SSSR count). The highest BCUT2D eigenvalue weighted by atomic mass is 32.2. The standard InChI is InChI=1S/C14H21N3O3S/c1-2-15-21(19,20)13-8-6-12(7-9-13)14(18)16-17-10-4-3-5-11-17/h6-9,15H,2-5,10-11H2,1H3,(H,16,18). The van der Waals surface area contributed by atoms with Crippen LogP contribution < -0.4 is 10.1 Å². The van der Waals surface area contributed by atoms with Gasteiger partial charge in [0.2, 0.25) is 10.0 Å². The second kappa shape index (κ2) is 7.02. The van der Waals surface area contributed by atoms with Crippen molar-refractivity contribution in [1.29, 1.82) is 0 Å². The zero-order chi connectivity index (χ0) is 15.3. The average Bonchev–Trinajstić information content (AvgIpc) is 2.48. The van der Waals surface area contributed by atoms with Crippen molar-refractivity contribution >= 4 is 15.9 Å². The number of amides is 1. The van der Waals surface area contributed by atoms with Crippen LogP contribution in [-0.2, 0) is 10.0 Å². The molecule has 1 fully saturated rings. The Morgan fingerprint density at radius 1 is 1.14 bits per heavy atom. The van der Waals surface area contributed by atoms with Crippen LogP contribution >= 0.6 is 0 Å². The van der Waals surface area contributed by atoms with Crippen LogP contribution in [0, 0.1) is 0 Å². The molecule has 1 aromatic rings. The van der Waals surface area contributed by atoms with Crippen LogP contribution in [0.3, 0.4) is 0 Å². The molecule has 1 aliphatic rings. The topological polar surface area (TPSA) is 78.5 Å². The maximum absolute atomic E-state index is 12.1. The Morgan fingerprint density at radius 3 is 2.33 bits per heavy atom. The number of carbonyl (C=O) groups is 1. The van der Waals surface area contributed by atoms with Gasteiger partial charge in [0.05, 0.1) is 4.90 Å². The number of hydrogen-bond donors (Lipinski definition) is 2. The fraction of sp³-hybridized carbons (Fsp3) is 0.500. The Morgan fingerprint density at radius 2 is 1.76 bits per heavy atom. The Bertz CT molecular complexity index is 578. The fourth-order valence-corrected chi connectivity index (χ4v) is 3.31. The SMILES string of the molecule is CCNS(=O)(=O)c1ccc(C(=O)NN2CCCCC2)cc1. The second-order valence-electron chi connectivity index (χ2n) is 5.01. The van der Waals surface area contributed by atoms with Crippen molar-refractivity contribution in [2.75, 3.05) is 19.6 Å². The van der Waals surface area contributed by atoms with Crippen molar-refractivity contribution in [3.63, 3.8) is 0 Å². The van der Waals surface area contributed by atoms with E-state index in [0.717, 1.165) is 25.9 Å². The molecular weight excluding hydrogens is 290 g/mol. The van der Waals surface area contributed by atoms with Crippen LogP contribution in [0.15, 0.2) is 29.2 Å². The van der Waals surface area contributed by atoms with Gasteiger partial charge in [-0.3, -0.25) is 10.2 Å². The predicted octanol–water partition coefficient (Wildman–Crippen LogP) is 1.12. The zero-order valence-electron chi connectivity index (χ0n) is 12.1. The highest BCUT2D eigenvalue weighted by Crippen LogP contribution is 2.11. The average molecular weight is 311 g/mol. The molecule has 0 aliphatic carbocycles. The molecular formula is C14H21N3O3S. The molecule has 116 valence electrons. The van der Waals surface area contributed by atoms with Gasteiger partial charge in [0, 0.05) is 25.2 Å². The van der Waals surface area contributed by atoms with Gasteiger partial charge in [-0.15, -0.1) is 0 Å². The summed E-state index contributed by atoms with van der Waals surface area (Å²) in [4.78, 5) is 12.2. The third-order valence-corrected chi connectivity index (χ3v) is 4.94. The van der Waals surface area contributed by atoms with Crippen LogP contribution in [0.25, 0.3) is 0 Å². The van der Waals surface area contributed by atoms with E-state index in [0.29, 0.717) is 12.1 Å². The van der Waals surface area contributed by atoms with Gasteiger partial charge in [0.1, 0.15) is 0 Å². The smallest absolute Gasteiger partial charge is 0.265 e. The lowest BCUT2D eigenvalue weighted by Gasteiger charge is -2.26. The zero-order valence-corrected chi connectivity index (χ0v) is 12.9. The first kappa shape index (κ1) is 15.9. The van der Waals surface area contributed by atoms with Crippen LogP contribution in [0.1, 0.15) is 36.5 Å². The lowest BCUT2D eigenvalue weighted by molar-refractivity contribution is 0.0750. The van der Waals surface area contributed by atoms with E-state index in [-0.39, 0.29) is 10.8 Å². The van der Waals surface area contributed by atoms with Crippen LogP contribution in [0.2, 0.25) is 0 Å². The number of benzene rings is 1. The summed E-state index contributed by atoms with van der Waals surface area (Å²) in [6.45, 7) is 3.77. The maximum atomic E-state index is 12.1. The van der Waals surface area contributed by atoms with E-state index in [1.807, 2.05) is 5.01 Å². The number of hydrazine groups is 1. The summed E-state index contributed by atoms with van der Waals surface area (Å²) in [7, 11) is -3.47. The monoisotopic (exact) mass is 311 g/mol. The molecule has 7 heteroatoms. The summed E-state index contributed by atoms with van der Waals surface area (Å²) in [5.74, 6) is -0.204. The van der Waals surface area contributed by atoms with E-state index in [1.54, 1.807) is 6.92 Å². The molecule has 1 aliphatic heterocycles. The number of hydrogen-bond acceptors (Lipinski definition) is 4. The summed E-state index contributed by atoms with van der Waals surface area (Å²) < 4.78 is 26.0. The van der Waals surface area contributed by atoms with E-state index in [1.165, 1.54) is 30.7 Å². The normalized spacial score (nSPS) is 16.6. The first-order valence-electron chi connectivity index (χ1n) is 7.18. The third-order valence-electron chi connectivity index (χ3n) is 3.38. The molecule has 0 bridgehead atoms. The molecule has 0 aromatic heterocycles. The fourth-order valence-electron chi connectivity index (χ4n) is 2.27. The molecule has 0 atom stereocenters. The molecule has 1 heterocycles. The van der Waals surface area contributed by atoms with Crippen molar-refractivity contribution in [2.24, 2.45) is 0 Å². The molecule has 0 spiro atoms. The van der Waals surface area contributed by atoms with Gasteiger partial charge in [-0.05, 0) is 37.1 Å². The van der Waals surface area contributed by atoms with Gasteiger partial charge >= 0.3 is 0 Å². The third kappa shape index (κ3) is 4.26. The molecule has 6 nitrogen and oxygen atoms in total. The molecule has 0 radical (unpaired) electrons. The second-order valence-corrected chi connectivity index (χ2v) is 6.78. The first-order chi connectivity index (χ1) is 10.0. The quantitative estimate of drug-likeness (QED) is 0.854. The lowest BCUT2D eigenvalue weighted by atomic mass is 10.1. The van der Waals surface area contributed by atoms with Crippen LogP contribution in [0.4, 0.5) is 0 Å². The van der Waals surface area contributed by atoms with Gasteiger partial charge < -0.3 is 0 Å². The largest absolute Gasteiger partial charge is 0.285 e. The highest BCUT2D eigenvalue weighted by molar-refractivity contribution is 7.89. The summed E-state index contributed by atoms with van der Waals surface area (Å²) >= 11 is 0. The van der Waals surface area contributed by atoms with Crippen molar-refractivity contribution in [3.8, 4) is 0 Å². The Labute approximate surface area is 125 Å². The number of rotatable bonds is 5. The minimum atomic E-state index is -3.47. The molecule has 0 saturated carbocycles. The van der Waals surface area contributed by atoms with Gasteiger partial charge in [0.15, 0.2) is 0 Å². The first-order valence-corrected chi connectivity index (χ1v) is 8.67. The minimum absolute atomic E-state index is 0.166. The van der Waals surface area contributed by atoms with E-state index in [2.05, 4.69) is 10.1 Å². The van der Waals surface area contributed by atoms with Crippen molar-refractivity contribution < 1.29 is 13.2 Å². The molecule has 2 N–H and O–H groups in total. The van der Waals surface area contributed by atoms with Crippen LogP contribution in [0.5, 0.6) is 0 Å². The Hall–Kier alpha value is -1.44. The molecule has 1 amide bonds. The Balaban J connectivity index is 2.02. The number of nitrogens with one attached hydrogen (secondary N) is 2. The summed E-state index contributed by atoms with van der Waals surface area (Å²) in [6.07, 6.45) is 3.36. The molecule has 21 heavy (non-hydrogen) atoms. The van der Waals surface area contributed by atoms with E-state index >= 15 is 0 Å². The van der Waals surface area contributed by atoms with E-state index in [9.17, 15) is 13.2 Å². The van der Waals surface area contributed by atoms with Crippen molar-refractivity contribution in [1.82, 2.24) is 15.2 Å². The van der Waals surface area contributed by atoms with E-state index < -0.39 is 10.0 Å². The van der Waals surface area contributed by atoms with Gasteiger partial charge in [-0.2, -0.15) is 0 Å². The predicted molar refractivity (Wildman–Crippen MR) is 80.2 cm³/mol. The van der Waals surface area contributed by atoms with Crippen molar-refractivity contribution in [3.05, 3.63) is 29.8 Å². The van der Waals surface area contributed by atoms with Gasteiger partial charge in [-0.25, -0.2) is 18.1 Å². The number of piperidine rings is 1. The lowest BCUT2D eigenvalue weighted by Crippen LogP contribution is -2.45. The number of sulfonamides is 1. The van der Waals surface area contributed by atoms with Crippen molar-refractivity contribution in [2.45, 2.75) is 31.1 Å². The Kier molecular flexibility index (Phi) is 5.33. The number of nitrogens with zero attached hydrogens (tertiary/aromatic N) is 1. The molecule has 1 aromatic carbocycles.